The molecule has 0 amide bonds. The van der Waals surface area contributed by atoms with Crippen LogP contribution < -0.4 is 0 Å². The molecule has 0 aliphatic rings. The molecule has 0 aliphatic carbocycles. The van der Waals surface area contributed by atoms with Crippen LogP contribution in [0.1, 0.15) is 19.8 Å². The Kier molecular flexibility index (Phi) is 6.19. The van der Waals surface area contributed by atoms with Gasteiger partial charge >= 0.3 is 0 Å². The first-order valence-electron chi connectivity index (χ1n) is 3.58. The predicted octanol–water partition coefficient (Wildman–Crippen LogP) is 2.35. The average Bonchev–Trinajstić information content (AvgIpc) is 1.99. The lowest BCUT2D eigenvalue weighted by Gasteiger charge is -2.05. The van der Waals surface area contributed by atoms with Gasteiger partial charge in [0.25, 0.3) is 0 Å². The van der Waals surface area contributed by atoms with E-state index in [4.69, 9.17) is 11.3 Å². The Labute approximate surface area is 63.4 Å². The van der Waals surface area contributed by atoms with Crippen molar-refractivity contribution in [2.24, 2.45) is 0 Å². The van der Waals surface area contributed by atoms with E-state index in [0.29, 0.717) is 0 Å². The largest absolute Gasteiger partial charge is 0.377 e. The van der Waals surface area contributed by atoms with Gasteiger partial charge in [0, 0.05) is 7.11 Å². The number of allylic oxidation sites excluding steroid dienone is 1. The van der Waals surface area contributed by atoms with Crippen LogP contribution in [-0.2, 0) is 4.74 Å². The fourth-order valence-corrected chi connectivity index (χ4v) is 0.650. The van der Waals surface area contributed by atoms with Crippen molar-refractivity contribution in [2.75, 3.05) is 7.11 Å². The van der Waals surface area contributed by atoms with Crippen LogP contribution in [0.25, 0.3) is 0 Å². The SMILES string of the molecule is [CH]=CC(C/C=C\CC)OC. The van der Waals surface area contributed by atoms with Crippen LogP contribution in [0.2, 0.25) is 0 Å². The van der Waals surface area contributed by atoms with E-state index >= 15 is 0 Å². The number of hydrogen-bond acceptors (Lipinski definition) is 1. The van der Waals surface area contributed by atoms with Gasteiger partial charge < -0.3 is 4.74 Å². The first-order valence-corrected chi connectivity index (χ1v) is 3.58. The summed E-state index contributed by atoms with van der Waals surface area (Å²) >= 11 is 0. The Bertz CT molecular complexity index is 105. The molecule has 0 aromatic rings. The van der Waals surface area contributed by atoms with Crippen LogP contribution in [-0.4, -0.2) is 13.2 Å². The maximum Gasteiger partial charge on any atom is 0.0789 e. The molecule has 0 rings (SSSR count). The van der Waals surface area contributed by atoms with Crippen molar-refractivity contribution in [3.63, 3.8) is 0 Å². The third-order valence-corrected chi connectivity index (χ3v) is 1.29. The highest BCUT2D eigenvalue weighted by Crippen LogP contribution is 1.98. The standard InChI is InChI=1S/C9H15O/c1-4-6-7-8-9(5-2)10-3/h2,5-7,9H,4,8H2,1,3H3/b5-2?,7-6-. The van der Waals surface area contributed by atoms with Crippen molar-refractivity contribution in [1.29, 1.82) is 0 Å². The molecule has 0 saturated carbocycles. The third kappa shape index (κ3) is 4.33. The van der Waals surface area contributed by atoms with Crippen LogP contribution in [0.3, 0.4) is 0 Å². The van der Waals surface area contributed by atoms with Gasteiger partial charge in [-0.05, 0) is 12.8 Å². The highest BCUT2D eigenvalue weighted by Gasteiger charge is 1.95. The second-order valence-corrected chi connectivity index (χ2v) is 2.08. The van der Waals surface area contributed by atoms with Crippen molar-refractivity contribution in [3.05, 3.63) is 24.8 Å². The molecular formula is C9H15O. The van der Waals surface area contributed by atoms with E-state index in [0.717, 1.165) is 12.8 Å². The summed E-state index contributed by atoms with van der Waals surface area (Å²) in [6, 6.07) is 0. The quantitative estimate of drug-likeness (QED) is 0.531. The van der Waals surface area contributed by atoms with Crippen molar-refractivity contribution in [1.82, 2.24) is 0 Å². The maximum atomic E-state index is 5.28. The van der Waals surface area contributed by atoms with Crippen LogP contribution in [0, 0.1) is 6.58 Å². The monoisotopic (exact) mass is 139 g/mol. The lowest BCUT2D eigenvalue weighted by Crippen LogP contribution is -2.03. The molecule has 0 spiro atoms. The zero-order valence-electron chi connectivity index (χ0n) is 6.71. The third-order valence-electron chi connectivity index (χ3n) is 1.29. The normalized spacial score (nSPS) is 13.8. The Morgan fingerprint density at radius 3 is 2.60 bits per heavy atom. The molecule has 0 aromatic heterocycles. The van der Waals surface area contributed by atoms with Gasteiger partial charge in [-0.1, -0.05) is 31.7 Å². The highest BCUT2D eigenvalue weighted by molar-refractivity contribution is 4.89. The molecule has 1 radical (unpaired) electrons. The summed E-state index contributed by atoms with van der Waals surface area (Å²) in [6.07, 6.45) is 7.78. The molecule has 0 bridgehead atoms. The van der Waals surface area contributed by atoms with Crippen LogP contribution >= 0.6 is 0 Å². The first-order chi connectivity index (χ1) is 4.85. The lowest BCUT2D eigenvalue weighted by molar-refractivity contribution is 0.143. The van der Waals surface area contributed by atoms with Crippen LogP contribution in [0.15, 0.2) is 18.2 Å². The van der Waals surface area contributed by atoms with E-state index in [1.165, 1.54) is 0 Å². The minimum atomic E-state index is 0.0720. The Balaban J connectivity index is 3.43. The van der Waals surface area contributed by atoms with Gasteiger partial charge in [-0.3, -0.25) is 0 Å². The van der Waals surface area contributed by atoms with Gasteiger partial charge in [0.1, 0.15) is 0 Å². The second kappa shape index (κ2) is 6.56. The van der Waals surface area contributed by atoms with Crippen molar-refractivity contribution >= 4 is 0 Å². The molecule has 1 heteroatoms. The molecule has 0 N–H and O–H groups in total. The van der Waals surface area contributed by atoms with Crippen LogP contribution in [0.5, 0.6) is 0 Å². The molecule has 0 fully saturated rings. The molecule has 10 heavy (non-hydrogen) atoms. The van der Waals surface area contributed by atoms with E-state index in [2.05, 4.69) is 19.1 Å². The smallest absolute Gasteiger partial charge is 0.0789 e. The molecule has 0 aromatic carbocycles. The summed E-state index contributed by atoms with van der Waals surface area (Å²) in [7, 11) is 1.66. The molecule has 1 atom stereocenters. The number of methoxy groups -OCH3 is 1. The van der Waals surface area contributed by atoms with E-state index in [1.54, 1.807) is 13.2 Å². The summed E-state index contributed by atoms with van der Waals surface area (Å²) < 4.78 is 5.01. The van der Waals surface area contributed by atoms with Crippen LogP contribution in [0.4, 0.5) is 0 Å². The summed E-state index contributed by atoms with van der Waals surface area (Å²) in [5.41, 5.74) is 0. The molecular weight excluding hydrogens is 124 g/mol. The van der Waals surface area contributed by atoms with Gasteiger partial charge in [0.2, 0.25) is 0 Å². The van der Waals surface area contributed by atoms with Gasteiger partial charge in [-0.25, -0.2) is 0 Å². The number of rotatable bonds is 5. The van der Waals surface area contributed by atoms with Gasteiger partial charge in [-0.15, -0.1) is 0 Å². The summed E-state index contributed by atoms with van der Waals surface area (Å²) in [5, 5.41) is 0. The fourth-order valence-electron chi connectivity index (χ4n) is 0.650. The van der Waals surface area contributed by atoms with Gasteiger partial charge in [-0.2, -0.15) is 0 Å². The minimum Gasteiger partial charge on any atom is -0.377 e. The summed E-state index contributed by atoms with van der Waals surface area (Å²) in [6.45, 7) is 7.38. The second-order valence-electron chi connectivity index (χ2n) is 2.08. The Morgan fingerprint density at radius 1 is 1.50 bits per heavy atom. The van der Waals surface area contributed by atoms with E-state index < -0.39 is 0 Å². The Morgan fingerprint density at radius 2 is 2.20 bits per heavy atom. The lowest BCUT2D eigenvalue weighted by atomic mass is 10.2. The minimum absolute atomic E-state index is 0.0720. The van der Waals surface area contributed by atoms with Crippen molar-refractivity contribution in [3.8, 4) is 0 Å². The Hall–Kier alpha value is -0.560. The molecule has 0 aliphatic heterocycles. The number of ether oxygens (including phenoxy) is 1. The van der Waals surface area contributed by atoms with Crippen molar-refractivity contribution < 1.29 is 4.74 Å². The summed E-state index contributed by atoms with van der Waals surface area (Å²) in [4.78, 5) is 0. The summed E-state index contributed by atoms with van der Waals surface area (Å²) in [5.74, 6) is 0. The fraction of sp³-hybridized carbons (Fsp3) is 0.556. The first kappa shape index (κ1) is 9.44. The zero-order chi connectivity index (χ0) is 7.82. The molecule has 1 nitrogen and oxygen atoms in total. The molecule has 57 valence electrons. The van der Waals surface area contributed by atoms with Crippen molar-refractivity contribution in [2.45, 2.75) is 25.9 Å². The van der Waals surface area contributed by atoms with Gasteiger partial charge in [0.05, 0.1) is 6.10 Å². The average molecular weight is 139 g/mol. The highest BCUT2D eigenvalue weighted by atomic mass is 16.5. The number of hydrogen-bond donors (Lipinski definition) is 0. The molecule has 0 saturated heterocycles. The predicted molar refractivity (Wildman–Crippen MR) is 43.7 cm³/mol. The van der Waals surface area contributed by atoms with E-state index in [-0.39, 0.29) is 6.10 Å². The topological polar surface area (TPSA) is 9.23 Å². The maximum absolute atomic E-state index is 5.28. The molecule has 0 heterocycles. The zero-order valence-corrected chi connectivity index (χ0v) is 6.71. The van der Waals surface area contributed by atoms with Gasteiger partial charge in [0.15, 0.2) is 0 Å². The van der Waals surface area contributed by atoms with E-state index in [1.807, 2.05) is 0 Å². The molecule has 1 unspecified atom stereocenters. The van der Waals surface area contributed by atoms with E-state index in [9.17, 15) is 0 Å².